The number of nitrogens with one attached hydrogen (secondary N) is 1. The summed E-state index contributed by atoms with van der Waals surface area (Å²) in [5, 5.41) is 18.2. The van der Waals surface area contributed by atoms with E-state index in [9.17, 15) is 14.7 Å². The molecule has 3 rings (SSSR count). The average Bonchev–Trinajstić information content (AvgIpc) is 3.13. The largest absolute Gasteiger partial charge is 0.389 e. The molecule has 27 heavy (non-hydrogen) atoms. The van der Waals surface area contributed by atoms with Crippen molar-refractivity contribution in [2.45, 2.75) is 32.0 Å². The van der Waals surface area contributed by atoms with Crippen LogP contribution in [0.2, 0.25) is 0 Å². The highest BCUT2D eigenvalue weighted by atomic mass is 16.3. The Balaban J connectivity index is 1.68. The number of aliphatic hydroxyl groups is 1. The summed E-state index contributed by atoms with van der Waals surface area (Å²) in [7, 11) is 0. The molecule has 4 N–H and O–H groups in total. The molecule has 2 atom stereocenters. The molecule has 0 aliphatic carbocycles. The van der Waals surface area contributed by atoms with Crippen molar-refractivity contribution in [1.82, 2.24) is 5.32 Å². The van der Waals surface area contributed by atoms with E-state index in [-0.39, 0.29) is 18.0 Å². The van der Waals surface area contributed by atoms with Crippen molar-refractivity contribution in [3.8, 4) is 0 Å². The summed E-state index contributed by atoms with van der Waals surface area (Å²) < 4.78 is 0. The molecule has 2 aromatic carbocycles. The van der Waals surface area contributed by atoms with Gasteiger partial charge in [0.25, 0.3) is 5.91 Å². The normalized spacial score (nSPS) is 17.3. The fourth-order valence-corrected chi connectivity index (χ4v) is 2.89. The number of carbonyl (C=O) groups excluding carboxylic acids is 2. The molecule has 0 saturated heterocycles. The topological polar surface area (TPSA) is 108 Å². The van der Waals surface area contributed by atoms with E-state index < -0.39 is 18.1 Å². The van der Waals surface area contributed by atoms with Crippen LogP contribution in [0.4, 0.5) is 5.69 Å². The number of nitrogens with two attached hydrogens (primary N) is 1. The van der Waals surface area contributed by atoms with Crippen LogP contribution in [0.15, 0.2) is 59.7 Å². The zero-order valence-corrected chi connectivity index (χ0v) is 15.0. The summed E-state index contributed by atoms with van der Waals surface area (Å²) >= 11 is 0. The summed E-state index contributed by atoms with van der Waals surface area (Å²) in [4.78, 5) is 24.3. The third-order valence-electron chi connectivity index (χ3n) is 4.44. The smallest absolute Gasteiger partial charge is 0.267 e. The Bertz CT molecular complexity index is 847. The summed E-state index contributed by atoms with van der Waals surface area (Å²) in [6.07, 6.45) is -0.368. The molecule has 0 unspecified atom stereocenters. The summed E-state index contributed by atoms with van der Waals surface area (Å²) in [5.74, 6) is -0.863. The molecule has 0 fully saturated rings. The maximum atomic E-state index is 12.5. The molecule has 0 radical (unpaired) electrons. The van der Waals surface area contributed by atoms with Gasteiger partial charge in [-0.1, -0.05) is 42.5 Å². The number of hydrazone groups is 1. The molecule has 0 saturated carbocycles. The highest BCUT2D eigenvalue weighted by Gasteiger charge is 2.34. The predicted octanol–water partition coefficient (Wildman–Crippen LogP) is 1.48. The van der Waals surface area contributed by atoms with Crippen molar-refractivity contribution >= 4 is 23.2 Å². The van der Waals surface area contributed by atoms with Gasteiger partial charge in [-0.15, -0.1) is 0 Å². The lowest BCUT2D eigenvalue weighted by Crippen LogP contribution is -2.39. The minimum atomic E-state index is -0.682. The second-order valence-electron chi connectivity index (χ2n) is 6.45. The van der Waals surface area contributed by atoms with Gasteiger partial charge >= 0.3 is 0 Å². The first-order valence-corrected chi connectivity index (χ1v) is 8.72. The summed E-state index contributed by atoms with van der Waals surface area (Å²) in [6.45, 7) is 2.02. The van der Waals surface area contributed by atoms with Gasteiger partial charge in [-0.05, 0) is 30.2 Å². The van der Waals surface area contributed by atoms with Gasteiger partial charge in [0.05, 0.1) is 11.8 Å². The van der Waals surface area contributed by atoms with Crippen molar-refractivity contribution in [3.05, 3.63) is 65.7 Å². The fourth-order valence-electron chi connectivity index (χ4n) is 2.89. The molecule has 0 aromatic heterocycles. The van der Waals surface area contributed by atoms with Gasteiger partial charge < -0.3 is 16.2 Å². The van der Waals surface area contributed by atoms with E-state index in [0.717, 1.165) is 11.1 Å². The average molecular weight is 366 g/mol. The van der Waals surface area contributed by atoms with E-state index in [1.807, 2.05) is 54.6 Å². The molecule has 2 aromatic rings. The quantitative estimate of drug-likeness (QED) is 0.719. The molecule has 7 heteroatoms. The van der Waals surface area contributed by atoms with Crippen LogP contribution < -0.4 is 16.1 Å². The lowest BCUT2D eigenvalue weighted by molar-refractivity contribution is -0.119. The van der Waals surface area contributed by atoms with Crippen LogP contribution in [0.5, 0.6) is 0 Å². The van der Waals surface area contributed by atoms with E-state index in [2.05, 4.69) is 10.4 Å². The van der Waals surface area contributed by atoms with Crippen LogP contribution in [-0.4, -0.2) is 28.7 Å². The number of carbonyl (C=O) groups is 2. The highest BCUT2D eigenvalue weighted by molar-refractivity contribution is 6.40. The number of amides is 2. The van der Waals surface area contributed by atoms with Crippen LogP contribution in [0.25, 0.3) is 0 Å². The van der Waals surface area contributed by atoms with E-state index in [1.165, 1.54) is 5.01 Å². The number of anilines is 1. The van der Waals surface area contributed by atoms with Gasteiger partial charge in [0.1, 0.15) is 11.8 Å². The van der Waals surface area contributed by atoms with Crippen molar-refractivity contribution in [3.63, 3.8) is 0 Å². The first-order valence-electron chi connectivity index (χ1n) is 8.72. The second kappa shape index (κ2) is 8.01. The lowest BCUT2D eigenvalue weighted by atomic mass is 10.1. The van der Waals surface area contributed by atoms with Crippen molar-refractivity contribution < 1.29 is 14.7 Å². The zero-order valence-electron chi connectivity index (χ0n) is 15.0. The zero-order chi connectivity index (χ0) is 19.4. The molecule has 1 aliphatic heterocycles. The van der Waals surface area contributed by atoms with E-state index >= 15 is 0 Å². The van der Waals surface area contributed by atoms with Gasteiger partial charge in [0, 0.05) is 13.0 Å². The Morgan fingerprint density at radius 2 is 1.89 bits per heavy atom. The van der Waals surface area contributed by atoms with Crippen LogP contribution in [0.3, 0.4) is 0 Å². The molecule has 0 spiro atoms. The maximum absolute atomic E-state index is 12.5. The molecular weight excluding hydrogens is 344 g/mol. The number of primary amides is 1. The minimum Gasteiger partial charge on any atom is -0.389 e. The van der Waals surface area contributed by atoms with Crippen LogP contribution >= 0.6 is 0 Å². The van der Waals surface area contributed by atoms with Gasteiger partial charge in [-0.25, -0.2) is 0 Å². The first kappa shape index (κ1) is 18.6. The summed E-state index contributed by atoms with van der Waals surface area (Å²) in [6, 6.07) is 15.8. The Labute approximate surface area is 157 Å². The van der Waals surface area contributed by atoms with Gasteiger partial charge in [-0.2, -0.15) is 5.10 Å². The monoisotopic (exact) mass is 366 g/mol. The van der Waals surface area contributed by atoms with Crippen molar-refractivity contribution in [2.24, 2.45) is 10.8 Å². The maximum Gasteiger partial charge on any atom is 0.267 e. The summed E-state index contributed by atoms with van der Waals surface area (Å²) in [5.41, 5.74) is 8.17. The number of nitrogens with zero attached hydrogens (tertiary/aromatic N) is 2. The molecular formula is C20H22N4O3. The standard InChI is InChI=1S/C20H22N4O3/c1-13(25)15-9-7-14(8-10-15)12-22-20(27)17-11-18(19(21)26)24(23-17)16-5-3-2-4-6-16/h2-10,13,18,25H,11-12H2,1H3,(H2,21,26)(H,22,27)/t13-,18+/m0/s1. The Kier molecular flexibility index (Phi) is 5.52. The number of benzene rings is 2. The molecule has 2 amide bonds. The third kappa shape index (κ3) is 4.32. The Morgan fingerprint density at radius 3 is 2.48 bits per heavy atom. The van der Waals surface area contributed by atoms with Crippen LogP contribution in [0.1, 0.15) is 30.6 Å². The molecule has 1 aliphatic rings. The number of hydrogen-bond acceptors (Lipinski definition) is 5. The molecule has 140 valence electrons. The van der Waals surface area contributed by atoms with E-state index in [1.54, 1.807) is 6.92 Å². The Morgan fingerprint density at radius 1 is 1.22 bits per heavy atom. The van der Waals surface area contributed by atoms with Gasteiger partial charge in [0.2, 0.25) is 5.91 Å². The number of para-hydroxylation sites is 1. The fraction of sp³-hybridized carbons (Fsp3) is 0.250. The van der Waals surface area contributed by atoms with Crippen molar-refractivity contribution in [1.29, 1.82) is 0 Å². The second-order valence-corrected chi connectivity index (χ2v) is 6.45. The van der Waals surface area contributed by atoms with E-state index in [0.29, 0.717) is 12.2 Å². The molecule has 7 nitrogen and oxygen atoms in total. The third-order valence-corrected chi connectivity index (χ3v) is 4.44. The van der Waals surface area contributed by atoms with Crippen LogP contribution in [0, 0.1) is 0 Å². The SMILES string of the molecule is C[C@H](O)c1ccc(CNC(=O)C2=NN(c3ccccc3)[C@@H](C(N)=O)C2)cc1. The lowest BCUT2D eigenvalue weighted by Gasteiger charge is -2.20. The van der Waals surface area contributed by atoms with Crippen LogP contribution in [-0.2, 0) is 16.1 Å². The van der Waals surface area contributed by atoms with Gasteiger partial charge in [0.15, 0.2) is 0 Å². The predicted molar refractivity (Wildman–Crippen MR) is 103 cm³/mol. The van der Waals surface area contributed by atoms with E-state index in [4.69, 9.17) is 5.73 Å². The van der Waals surface area contributed by atoms with Crippen molar-refractivity contribution in [2.75, 3.05) is 5.01 Å². The minimum absolute atomic E-state index is 0.164. The highest BCUT2D eigenvalue weighted by Crippen LogP contribution is 2.24. The molecule has 0 bridgehead atoms. The molecule has 1 heterocycles. The number of hydrogen-bond donors (Lipinski definition) is 3. The Hall–Kier alpha value is -3.19. The van der Waals surface area contributed by atoms with Gasteiger partial charge in [-0.3, -0.25) is 14.6 Å². The first-order chi connectivity index (χ1) is 13.0. The number of aliphatic hydroxyl groups excluding tert-OH is 1. The number of rotatable bonds is 6.